The number of nitrogens with one attached hydrogen (secondary N) is 1. The number of hydrogen-bond acceptors (Lipinski definition) is 4. The first-order valence-electron chi connectivity index (χ1n) is 13.2. The minimum absolute atomic E-state index is 0.113. The van der Waals surface area contributed by atoms with Crippen LogP contribution in [-0.2, 0) is 11.3 Å². The molecule has 3 aromatic carbocycles. The minimum Gasteiger partial charge on any atom is -0.632 e. The molecule has 1 aromatic heterocycles. The zero-order chi connectivity index (χ0) is 26.1. The summed E-state index contributed by atoms with van der Waals surface area (Å²) >= 11 is 0. The van der Waals surface area contributed by atoms with Crippen molar-refractivity contribution in [2.75, 3.05) is 26.3 Å². The quantitative estimate of drug-likeness (QED) is 0.253. The SMILES string of the molecule is O=C(NC(c1cccc(F)c1)C1CC1)c1c(C[N+]2([O-])CCOCC2)c(-c2ccccc2)nc2ccccc12. The van der Waals surface area contributed by atoms with E-state index in [-0.39, 0.29) is 30.2 Å². The number of hydroxylamine groups is 3. The number of carbonyl (C=O) groups excluding carboxylic acids is 1. The third-order valence-electron chi connectivity index (χ3n) is 7.59. The Morgan fingerprint density at radius 1 is 1.03 bits per heavy atom. The molecule has 1 aliphatic heterocycles. The molecular weight excluding hydrogens is 481 g/mol. The van der Waals surface area contributed by atoms with Gasteiger partial charge in [-0.2, -0.15) is 0 Å². The summed E-state index contributed by atoms with van der Waals surface area (Å²) in [5, 5.41) is 17.8. The van der Waals surface area contributed by atoms with Gasteiger partial charge in [-0.15, -0.1) is 0 Å². The van der Waals surface area contributed by atoms with Crippen molar-refractivity contribution in [3.05, 3.63) is 107 Å². The average Bonchev–Trinajstić information content (AvgIpc) is 3.77. The van der Waals surface area contributed by atoms with Crippen molar-refractivity contribution in [1.82, 2.24) is 10.3 Å². The van der Waals surface area contributed by atoms with Gasteiger partial charge in [-0.3, -0.25) is 4.79 Å². The maximum Gasteiger partial charge on any atom is 0.253 e. The first-order valence-corrected chi connectivity index (χ1v) is 13.2. The molecule has 1 unspecified atom stereocenters. The molecule has 6 nitrogen and oxygen atoms in total. The number of quaternary nitrogens is 1. The van der Waals surface area contributed by atoms with Crippen LogP contribution in [-0.4, -0.2) is 41.8 Å². The molecule has 4 aromatic rings. The molecular formula is C31H30FN3O3. The summed E-state index contributed by atoms with van der Waals surface area (Å²) in [6.45, 7) is 1.51. The lowest BCUT2D eigenvalue weighted by Crippen LogP contribution is -2.50. The largest absolute Gasteiger partial charge is 0.632 e. The van der Waals surface area contributed by atoms with Gasteiger partial charge in [0.1, 0.15) is 25.5 Å². The molecule has 1 N–H and O–H groups in total. The van der Waals surface area contributed by atoms with Crippen molar-refractivity contribution in [1.29, 1.82) is 0 Å². The van der Waals surface area contributed by atoms with E-state index in [1.807, 2.05) is 60.7 Å². The molecule has 38 heavy (non-hydrogen) atoms. The number of amides is 1. The number of hydrogen-bond donors (Lipinski definition) is 1. The van der Waals surface area contributed by atoms with Crippen LogP contribution in [0.1, 0.15) is 40.4 Å². The van der Waals surface area contributed by atoms with E-state index in [0.29, 0.717) is 54.0 Å². The molecule has 1 aliphatic carbocycles. The number of benzene rings is 3. The van der Waals surface area contributed by atoms with E-state index in [2.05, 4.69) is 5.32 Å². The summed E-state index contributed by atoms with van der Waals surface area (Å²) in [5.41, 5.74) is 4.04. The second kappa shape index (κ2) is 10.3. The normalized spacial score (nSPS) is 17.7. The van der Waals surface area contributed by atoms with Gasteiger partial charge >= 0.3 is 0 Å². The number of pyridine rings is 1. The van der Waals surface area contributed by atoms with Gasteiger partial charge in [0.2, 0.25) is 0 Å². The zero-order valence-electron chi connectivity index (χ0n) is 21.1. The van der Waals surface area contributed by atoms with E-state index in [9.17, 15) is 14.4 Å². The van der Waals surface area contributed by atoms with Gasteiger partial charge in [0.05, 0.1) is 36.0 Å². The van der Waals surface area contributed by atoms with Crippen LogP contribution in [0.25, 0.3) is 22.2 Å². The summed E-state index contributed by atoms with van der Waals surface area (Å²) in [6, 6.07) is 23.4. The first kappa shape index (κ1) is 24.7. The van der Waals surface area contributed by atoms with Gasteiger partial charge in [0.25, 0.3) is 5.91 Å². The van der Waals surface area contributed by atoms with Crippen LogP contribution >= 0.6 is 0 Å². The van der Waals surface area contributed by atoms with Crippen LogP contribution in [0.3, 0.4) is 0 Å². The molecule has 1 amide bonds. The highest BCUT2D eigenvalue weighted by Crippen LogP contribution is 2.42. The second-order valence-electron chi connectivity index (χ2n) is 10.3. The number of fused-ring (bicyclic) bond motifs is 1. The number of carbonyl (C=O) groups is 1. The summed E-state index contributed by atoms with van der Waals surface area (Å²) in [7, 11) is 0. The lowest BCUT2D eigenvalue weighted by Gasteiger charge is -2.45. The Hall–Kier alpha value is -3.65. The fourth-order valence-electron chi connectivity index (χ4n) is 5.44. The molecule has 194 valence electrons. The van der Waals surface area contributed by atoms with Crippen molar-refractivity contribution in [3.63, 3.8) is 0 Å². The Kier molecular flexibility index (Phi) is 6.66. The van der Waals surface area contributed by atoms with Gasteiger partial charge in [-0.1, -0.05) is 60.7 Å². The van der Waals surface area contributed by atoms with Crippen LogP contribution < -0.4 is 5.32 Å². The van der Waals surface area contributed by atoms with E-state index in [1.54, 1.807) is 6.07 Å². The monoisotopic (exact) mass is 511 g/mol. The third kappa shape index (κ3) is 5.05. The number of halogens is 1. The van der Waals surface area contributed by atoms with Crippen molar-refractivity contribution < 1.29 is 18.6 Å². The van der Waals surface area contributed by atoms with Crippen LogP contribution in [0, 0.1) is 16.9 Å². The summed E-state index contributed by atoms with van der Waals surface area (Å²) in [4.78, 5) is 19.2. The molecule has 0 spiro atoms. The minimum atomic E-state index is -0.476. The molecule has 1 saturated carbocycles. The van der Waals surface area contributed by atoms with Gasteiger partial charge in [0.15, 0.2) is 0 Å². The van der Waals surface area contributed by atoms with Gasteiger partial charge in [0, 0.05) is 16.5 Å². The summed E-state index contributed by atoms with van der Waals surface area (Å²) < 4.78 is 19.1. The number of ether oxygens (including phenoxy) is 1. The lowest BCUT2D eigenvalue weighted by atomic mass is 9.94. The maximum absolute atomic E-state index is 14.2. The van der Waals surface area contributed by atoms with Crippen molar-refractivity contribution in [2.24, 2.45) is 5.92 Å². The summed E-state index contributed by atoms with van der Waals surface area (Å²) in [6.07, 6.45) is 1.95. The predicted octanol–water partition coefficient (Wildman–Crippen LogP) is 5.77. The van der Waals surface area contributed by atoms with E-state index in [0.717, 1.165) is 24.0 Å². The van der Waals surface area contributed by atoms with E-state index in [1.165, 1.54) is 12.1 Å². The van der Waals surface area contributed by atoms with Gasteiger partial charge < -0.3 is 19.9 Å². The molecule has 2 fully saturated rings. The Morgan fingerprint density at radius 3 is 2.50 bits per heavy atom. The van der Waals surface area contributed by atoms with Crippen molar-refractivity contribution in [2.45, 2.75) is 25.4 Å². The highest BCUT2D eigenvalue weighted by Gasteiger charge is 2.36. The Bertz CT molecular complexity index is 1470. The van der Waals surface area contributed by atoms with Gasteiger partial charge in [-0.05, 0) is 42.5 Å². The molecule has 2 heterocycles. The maximum atomic E-state index is 14.2. The van der Waals surface area contributed by atoms with Crippen LogP contribution in [0.5, 0.6) is 0 Å². The molecule has 7 heteroatoms. The third-order valence-corrected chi connectivity index (χ3v) is 7.59. The number of para-hydroxylation sites is 1. The van der Waals surface area contributed by atoms with E-state index >= 15 is 0 Å². The number of aromatic nitrogens is 1. The standard InChI is InChI=1S/C31H30FN3O3/c32-24-10-6-9-23(19-24)29(22-13-14-22)34-31(36)28-25-11-4-5-12-27(25)33-30(21-7-2-1-3-8-21)26(28)20-35(37)15-17-38-18-16-35/h1-12,19,22,29H,13-18,20H2,(H,34,36). The Balaban J connectivity index is 1.50. The molecule has 0 bridgehead atoms. The highest BCUT2D eigenvalue weighted by molar-refractivity contribution is 6.09. The molecule has 6 rings (SSSR count). The fraction of sp³-hybridized carbons (Fsp3) is 0.290. The Morgan fingerprint density at radius 2 is 1.76 bits per heavy atom. The molecule has 0 radical (unpaired) electrons. The van der Waals surface area contributed by atoms with Crippen molar-refractivity contribution in [3.8, 4) is 11.3 Å². The second-order valence-corrected chi connectivity index (χ2v) is 10.3. The number of morpholine rings is 1. The molecule has 1 atom stereocenters. The molecule has 1 saturated heterocycles. The summed E-state index contributed by atoms with van der Waals surface area (Å²) in [5.74, 6) is -0.339. The average molecular weight is 512 g/mol. The lowest BCUT2D eigenvalue weighted by molar-refractivity contribution is -0.901. The first-order chi connectivity index (χ1) is 18.5. The Labute approximate surface area is 221 Å². The van der Waals surface area contributed by atoms with Crippen molar-refractivity contribution >= 4 is 16.8 Å². The van der Waals surface area contributed by atoms with Crippen LogP contribution in [0.2, 0.25) is 0 Å². The predicted molar refractivity (Wildman–Crippen MR) is 144 cm³/mol. The number of nitrogens with zero attached hydrogens (tertiary/aromatic N) is 2. The zero-order valence-corrected chi connectivity index (χ0v) is 21.1. The number of rotatable bonds is 7. The molecule has 2 aliphatic rings. The highest BCUT2D eigenvalue weighted by atomic mass is 19.1. The fourth-order valence-corrected chi connectivity index (χ4v) is 5.44. The topological polar surface area (TPSA) is 74.3 Å². The smallest absolute Gasteiger partial charge is 0.253 e. The van der Waals surface area contributed by atoms with E-state index < -0.39 is 4.65 Å². The van der Waals surface area contributed by atoms with Crippen LogP contribution in [0.4, 0.5) is 4.39 Å². The van der Waals surface area contributed by atoms with Crippen LogP contribution in [0.15, 0.2) is 78.9 Å². The van der Waals surface area contributed by atoms with E-state index in [4.69, 9.17) is 9.72 Å². The van der Waals surface area contributed by atoms with Gasteiger partial charge in [-0.25, -0.2) is 9.37 Å².